The van der Waals surface area contributed by atoms with E-state index >= 15 is 0 Å². The molecule has 6 nitrogen and oxygen atoms in total. The third kappa shape index (κ3) is 3.43. The molecule has 1 amide bonds. The van der Waals surface area contributed by atoms with Crippen LogP contribution in [0.15, 0.2) is 11.4 Å². The van der Waals surface area contributed by atoms with Crippen LogP contribution in [0.4, 0.5) is 30.7 Å². The Morgan fingerprint density at radius 1 is 1.10 bits per heavy atom. The monoisotopic (exact) mass is 465 g/mol. The number of fused-ring (bicyclic) bond motifs is 1. The van der Waals surface area contributed by atoms with Gasteiger partial charge in [0, 0.05) is 18.5 Å². The van der Waals surface area contributed by atoms with Crippen LogP contribution in [0.2, 0.25) is 0 Å². The van der Waals surface area contributed by atoms with E-state index in [2.05, 4.69) is 15.2 Å². The van der Waals surface area contributed by atoms with Crippen LogP contribution in [0.25, 0.3) is 11.5 Å². The van der Waals surface area contributed by atoms with Crippen LogP contribution in [0.5, 0.6) is 0 Å². The van der Waals surface area contributed by atoms with Gasteiger partial charge in [0.15, 0.2) is 39.9 Å². The number of carbonyl (C=O) groups excluding carboxylic acids is 1. The van der Waals surface area contributed by atoms with Crippen molar-refractivity contribution in [1.82, 2.24) is 24.6 Å². The van der Waals surface area contributed by atoms with Crippen LogP contribution in [-0.4, -0.2) is 37.1 Å². The molecule has 0 N–H and O–H groups in total. The molecular formula is C17H10F7N5OS. The highest BCUT2D eigenvalue weighted by Gasteiger charge is 2.37. The van der Waals surface area contributed by atoms with Gasteiger partial charge in [0.1, 0.15) is 5.69 Å². The molecule has 31 heavy (non-hydrogen) atoms. The van der Waals surface area contributed by atoms with E-state index in [-0.39, 0.29) is 36.5 Å². The lowest BCUT2D eigenvalue weighted by molar-refractivity contribution is -0.137. The fourth-order valence-electron chi connectivity index (χ4n) is 3.24. The van der Waals surface area contributed by atoms with Gasteiger partial charge in [-0.15, -0.1) is 21.5 Å². The number of benzene rings is 1. The summed E-state index contributed by atoms with van der Waals surface area (Å²) in [6.45, 7) is 1.37. The Hall–Kier alpha value is -3.03. The summed E-state index contributed by atoms with van der Waals surface area (Å²) < 4.78 is 94.1. The molecule has 4 rings (SSSR count). The van der Waals surface area contributed by atoms with E-state index in [1.165, 1.54) is 16.9 Å². The molecule has 3 heterocycles. The SMILES string of the molecule is CC1c2nnc(-c3csc(C(F)(F)F)n3)n2CCN1C(=O)c1cc(F)c(F)c(F)c1F. The topological polar surface area (TPSA) is 63.9 Å². The Labute approximate surface area is 172 Å². The number of amides is 1. The minimum Gasteiger partial charge on any atom is -0.327 e. The molecular weight excluding hydrogens is 455 g/mol. The van der Waals surface area contributed by atoms with Gasteiger partial charge in [0.25, 0.3) is 5.91 Å². The van der Waals surface area contributed by atoms with E-state index in [4.69, 9.17) is 0 Å². The van der Waals surface area contributed by atoms with E-state index in [1.807, 2.05) is 0 Å². The maximum atomic E-state index is 14.0. The zero-order valence-electron chi connectivity index (χ0n) is 15.3. The first kappa shape index (κ1) is 21.2. The minimum absolute atomic E-state index is 0.000399. The van der Waals surface area contributed by atoms with Crippen molar-refractivity contribution in [1.29, 1.82) is 0 Å². The summed E-state index contributed by atoms with van der Waals surface area (Å²) in [7, 11) is 0. The number of rotatable bonds is 2. The molecule has 0 aliphatic carbocycles. The highest BCUT2D eigenvalue weighted by molar-refractivity contribution is 7.10. The van der Waals surface area contributed by atoms with Crippen molar-refractivity contribution < 1.29 is 35.5 Å². The predicted molar refractivity (Wildman–Crippen MR) is 91.9 cm³/mol. The molecule has 0 saturated heterocycles. The van der Waals surface area contributed by atoms with Gasteiger partial charge >= 0.3 is 6.18 Å². The number of aromatic nitrogens is 4. The third-order valence-corrected chi connectivity index (χ3v) is 5.64. The van der Waals surface area contributed by atoms with Crippen LogP contribution in [0.3, 0.4) is 0 Å². The molecule has 1 atom stereocenters. The maximum absolute atomic E-state index is 14.0. The number of halogens is 7. The average Bonchev–Trinajstić information content (AvgIpc) is 3.36. The van der Waals surface area contributed by atoms with Crippen LogP contribution in [0, 0.1) is 23.3 Å². The molecule has 3 aromatic rings. The molecule has 0 spiro atoms. The van der Waals surface area contributed by atoms with Crippen molar-refractivity contribution in [3.8, 4) is 11.5 Å². The van der Waals surface area contributed by atoms with Gasteiger partial charge in [0.2, 0.25) is 0 Å². The van der Waals surface area contributed by atoms with E-state index in [1.54, 1.807) is 0 Å². The van der Waals surface area contributed by atoms with Crippen molar-refractivity contribution in [2.75, 3.05) is 6.54 Å². The molecule has 164 valence electrons. The van der Waals surface area contributed by atoms with Crippen molar-refractivity contribution in [2.45, 2.75) is 25.7 Å². The van der Waals surface area contributed by atoms with Gasteiger partial charge < -0.3 is 9.47 Å². The fraction of sp³-hybridized carbons (Fsp3) is 0.294. The Morgan fingerprint density at radius 3 is 2.45 bits per heavy atom. The Kier molecular flexibility index (Phi) is 4.98. The molecule has 0 bridgehead atoms. The van der Waals surface area contributed by atoms with Crippen LogP contribution in [0.1, 0.15) is 34.2 Å². The predicted octanol–water partition coefficient (Wildman–Crippen LogP) is 4.19. The van der Waals surface area contributed by atoms with Crippen LogP contribution in [-0.2, 0) is 12.7 Å². The first-order valence-corrected chi connectivity index (χ1v) is 9.48. The lowest BCUT2D eigenvalue weighted by atomic mass is 10.1. The van der Waals surface area contributed by atoms with Gasteiger partial charge in [-0.05, 0) is 13.0 Å². The average molecular weight is 465 g/mol. The second-order valence-corrected chi connectivity index (χ2v) is 7.45. The fourth-order valence-corrected chi connectivity index (χ4v) is 3.91. The summed E-state index contributed by atoms with van der Waals surface area (Å²) in [6, 6.07) is -0.611. The quantitative estimate of drug-likeness (QED) is 0.324. The summed E-state index contributed by atoms with van der Waals surface area (Å²) in [6.07, 6.45) is -4.62. The first-order valence-electron chi connectivity index (χ1n) is 8.60. The maximum Gasteiger partial charge on any atom is 0.443 e. The van der Waals surface area contributed by atoms with Crippen LogP contribution >= 0.6 is 11.3 Å². The molecule has 1 aliphatic heterocycles. The van der Waals surface area contributed by atoms with E-state index in [0.717, 1.165) is 4.90 Å². The number of hydrogen-bond acceptors (Lipinski definition) is 5. The molecule has 2 aromatic heterocycles. The minimum atomic E-state index is -4.62. The Bertz CT molecular complexity index is 1190. The first-order chi connectivity index (χ1) is 14.5. The molecule has 14 heteroatoms. The standard InChI is InChI=1S/C17H10F7N5OS/c1-6-13-26-27-14(9-5-31-16(25-9)17(22,23)24)29(13)3-2-28(6)15(30)7-4-8(18)11(20)12(21)10(7)19/h4-6H,2-3H2,1H3. The summed E-state index contributed by atoms with van der Waals surface area (Å²) >= 11 is 0.389. The molecule has 1 aliphatic rings. The normalized spacial score (nSPS) is 16.5. The molecule has 1 aromatic carbocycles. The summed E-state index contributed by atoms with van der Waals surface area (Å²) in [5.41, 5.74) is -1.05. The van der Waals surface area contributed by atoms with Crippen molar-refractivity contribution >= 4 is 17.2 Å². The van der Waals surface area contributed by atoms with Crippen molar-refractivity contribution in [3.63, 3.8) is 0 Å². The van der Waals surface area contributed by atoms with Crippen molar-refractivity contribution in [3.05, 3.63) is 51.1 Å². The summed E-state index contributed by atoms with van der Waals surface area (Å²) in [5, 5.41) is 7.84. The zero-order valence-corrected chi connectivity index (χ0v) is 16.2. The van der Waals surface area contributed by atoms with E-state index in [0.29, 0.717) is 11.3 Å². The Morgan fingerprint density at radius 2 is 1.81 bits per heavy atom. The number of thiazole rings is 1. The number of hydrogen-bond donors (Lipinski definition) is 0. The molecule has 1 unspecified atom stereocenters. The van der Waals surface area contributed by atoms with Gasteiger partial charge in [-0.2, -0.15) is 13.2 Å². The van der Waals surface area contributed by atoms with E-state index < -0.39 is 52.0 Å². The highest BCUT2D eigenvalue weighted by Crippen LogP contribution is 2.35. The van der Waals surface area contributed by atoms with Crippen molar-refractivity contribution in [2.24, 2.45) is 0 Å². The third-order valence-electron chi connectivity index (χ3n) is 4.75. The Balaban J connectivity index is 1.66. The smallest absolute Gasteiger partial charge is 0.327 e. The van der Waals surface area contributed by atoms with Crippen LogP contribution < -0.4 is 0 Å². The van der Waals surface area contributed by atoms with Gasteiger partial charge in [-0.1, -0.05) is 0 Å². The molecule has 0 radical (unpaired) electrons. The van der Waals surface area contributed by atoms with Gasteiger partial charge in [-0.25, -0.2) is 22.5 Å². The largest absolute Gasteiger partial charge is 0.443 e. The zero-order chi connectivity index (χ0) is 22.7. The second-order valence-electron chi connectivity index (χ2n) is 6.59. The number of alkyl halides is 3. The van der Waals surface area contributed by atoms with E-state index in [9.17, 15) is 35.5 Å². The number of nitrogens with zero attached hydrogens (tertiary/aromatic N) is 5. The van der Waals surface area contributed by atoms with Gasteiger partial charge in [-0.3, -0.25) is 4.79 Å². The summed E-state index contributed by atoms with van der Waals surface area (Å²) in [4.78, 5) is 17.3. The van der Waals surface area contributed by atoms with Gasteiger partial charge in [0.05, 0.1) is 11.6 Å². The molecule has 0 saturated carbocycles. The lowest BCUT2D eigenvalue weighted by Crippen LogP contribution is -2.41. The summed E-state index contributed by atoms with van der Waals surface area (Å²) in [5.74, 6) is -8.60. The highest BCUT2D eigenvalue weighted by atomic mass is 32.1. The molecule has 0 fully saturated rings. The lowest BCUT2D eigenvalue weighted by Gasteiger charge is -2.33. The number of carbonyl (C=O) groups is 1. The second kappa shape index (κ2) is 7.28.